The van der Waals surface area contributed by atoms with Crippen molar-refractivity contribution in [2.24, 2.45) is 35.0 Å². The zero-order chi connectivity index (χ0) is 11.7. The van der Waals surface area contributed by atoms with Gasteiger partial charge in [0.25, 0.3) is 0 Å². The van der Waals surface area contributed by atoms with E-state index in [0.717, 1.165) is 30.1 Å². The van der Waals surface area contributed by atoms with E-state index in [1.807, 2.05) is 0 Å². The molecule has 0 heterocycles. The second-order valence-corrected chi connectivity index (χ2v) is 7.36. The fraction of sp³-hybridized carbons (Fsp3) is 1.00. The summed E-state index contributed by atoms with van der Waals surface area (Å²) in [4.78, 5) is 0. The molecule has 1 spiro atoms. The molecule has 0 saturated heterocycles. The molecule has 0 aromatic carbocycles. The fourth-order valence-corrected chi connectivity index (χ4v) is 5.57. The van der Waals surface area contributed by atoms with E-state index >= 15 is 0 Å². The summed E-state index contributed by atoms with van der Waals surface area (Å²) in [5.41, 5.74) is 0.201. The monoisotopic (exact) mass is 222 g/mol. The quantitative estimate of drug-likeness (QED) is 0.720. The largest absolute Gasteiger partial charge is 0.390 e. The Morgan fingerprint density at radius 2 is 1.88 bits per heavy atom. The van der Waals surface area contributed by atoms with Gasteiger partial charge in [-0.3, -0.25) is 0 Å². The lowest BCUT2D eigenvalue weighted by molar-refractivity contribution is 0.0291. The lowest BCUT2D eigenvalue weighted by Gasteiger charge is -2.36. The molecule has 0 radical (unpaired) electrons. The summed E-state index contributed by atoms with van der Waals surface area (Å²) in [6, 6.07) is 0. The molecule has 3 rings (SSSR count). The lowest BCUT2D eigenvalue weighted by atomic mass is 9.69. The topological polar surface area (TPSA) is 20.2 Å². The molecular formula is C15H26O. The maximum Gasteiger partial charge on any atom is 0.0656 e. The zero-order valence-corrected chi connectivity index (χ0v) is 11.2. The molecule has 0 amide bonds. The molecule has 1 heteroatoms. The van der Waals surface area contributed by atoms with Crippen molar-refractivity contribution in [3.05, 3.63) is 0 Å². The van der Waals surface area contributed by atoms with Crippen LogP contribution < -0.4 is 0 Å². The van der Waals surface area contributed by atoms with Crippen molar-refractivity contribution in [1.29, 1.82) is 0 Å². The minimum absolute atomic E-state index is 0.351. The molecule has 0 aliphatic heterocycles. The van der Waals surface area contributed by atoms with E-state index < -0.39 is 0 Å². The highest BCUT2D eigenvalue weighted by molar-refractivity contribution is 5.26. The number of aliphatic hydroxyl groups is 1. The normalized spacial score (nSPS) is 59.6. The molecule has 1 N–H and O–H groups in total. The highest BCUT2D eigenvalue weighted by Gasteiger charge is 2.77. The van der Waals surface area contributed by atoms with Crippen molar-refractivity contribution in [3.63, 3.8) is 0 Å². The van der Waals surface area contributed by atoms with Gasteiger partial charge in [-0.1, -0.05) is 20.8 Å². The van der Waals surface area contributed by atoms with E-state index in [1.54, 1.807) is 0 Å². The first-order valence-electron chi connectivity index (χ1n) is 7.13. The van der Waals surface area contributed by atoms with Crippen molar-refractivity contribution in [1.82, 2.24) is 0 Å². The Morgan fingerprint density at radius 1 is 1.19 bits per heavy atom. The van der Waals surface area contributed by atoms with Crippen LogP contribution in [0, 0.1) is 35.0 Å². The third-order valence-electron chi connectivity index (χ3n) is 6.35. The van der Waals surface area contributed by atoms with Gasteiger partial charge in [0.05, 0.1) is 5.60 Å². The van der Waals surface area contributed by atoms with Crippen LogP contribution in [0.5, 0.6) is 0 Å². The van der Waals surface area contributed by atoms with E-state index in [4.69, 9.17) is 0 Å². The first-order chi connectivity index (χ1) is 7.41. The summed E-state index contributed by atoms with van der Waals surface area (Å²) in [5, 5.41) is 10.5. The van der Waals surface area contributed by atoms with Gasteiger partial charge in [0.1, 0.15) is 0 Å². The van der Waals surface area contributed by atoms with Crippen LogP contribution in [0.15, 0.2) is 0 Å². The Balaban J connectivity index is 1.92. The van der Waals surface area contributed by atoms with Crippen LogP contribution >= 0.6 is 0 Å². The molecule has 3 saturated carbocycles. The summed E-state index contributed by atoms with van der Waals surface area (Å²) in [6.45, 7) is 9.27. The van der Waals surface area contributed by atoms with Gasteiger partial charge in [-0.05, 0) is 67.6 Å². The minimum atomic E-state index is -0.351. The predicted molar refractivity (Wildman–Crippen MR) is 66.0 cm³/mol. The van der Waals surface area contributed by atoms with E-state index in [9.17, 15) is 5.11 Å². The van der Waals surface area contributed by atoms with Crippen molar-refractivity contribution in [2.75, 3.05) is 0 Å². The summed E-state index contributed by atoms with van der Waals surface area (Å²) in [6.07, 6.45) is 5.13. The first kappa shape index (κ1) is 11.1. The number of rotatable bonds is 1. The second kappa shape index (κ2) is 3.04. The van der Waals surface area contributed by atoms with Crippen LogP contribution in [0.1, 0.15) is 53.4 Å². The van der Waals surface area contributed by atoms with Gasteiger partial charge in [-0.2, -0.15) is 0 Å². The smallest absolute Gasteiger partial charge is 0.0656 e. The number of fused-ring (bicyclic) bond motifs is 1. The first-order valence-corrected chi connectivity index (χ1v) is 7.13. The van der Waals surface area contributed by atoms with Crippen molar-refractivity contribution >= 4 is 0 Å². The van der Waals surface area contributed by atoms with Gasteiger partial charge in [0.2, 0.25) is 0 Å². The average Bonchev–Trinajstić information content (AvgIpc) is 2.79. The molecule has 92 valence electrons. The highest BCUT2D eigenvalue weighted by Crippen LogP contribution is 2.80. The van der Waals surface area contributed by atoms with Gasteiger partial charge in [0, 0.05) is 0 Å². The number of hydrogen-bond acceptors (Lipinski definition) is 1. The summed E-state index contributed by atoms with van der Waals surface area (Å²) in [7, 11) is 0. The van der Waals surface area contributed by atoms with Crippen LogP contribution in [0.2, 0.25) is 0 Å². The van der Waals surface area contributed by atoms with Crippen molar-refractivity contribution < 1.29 is 5.11 Å². The second-order valence-electron chi connectivity index (χ2n) is 7.36. The predicted octanol–water partition coefficient (Wildman–Crippen LogP) is 3.47. The maximum absolute atomic E-state index is 10.5. The minimum Gasteiger partial charge on any atom is -0.390 e. The third-order valence-corrected chi connectivity index (χ3v) is 6.35. The molecule has 3 aliphatic carbocycles. The molecule has 0 aromatic heterocycles. The number of hydrogen-bond donors (Lipinski definition) is 1. The molecule has 6 atom stereocenters. The SMILES string of the molecule is CC(C)[C@@H]1CC[C@@H](C)C23CC[C@](C)(O)C2[C@@H]13. The Labute approximate surface area is 99.6 Å². The molecule has 16 heavy (non-hydrogen) atoms. The third kappa shape index (κ3) is 1.11. The zero-order valence-electron chi connectivity index (χ0n) is 11.2. The average molecular weight is 222 g/mol. The summed E-state index contributed by atoms with van der Waals surface area (Å²) >= 11 is 0. The molecule has 0 aromatic rings. The van der Waals surface area contributed by atoms with Gasteiger partial charge in [-0.15, -0.1) is 0 Å². The molecule has 3 fully saturated rings. The molecule has 2 unspecified atom stereocenters. The summed E-state index contributed by atoms with van der Waals surface area (Å²) < 4.78 is 0. The molecule has 3 aliphatic rings. The van der Waals surface area contributed by atoms with Crippen molar-refractivity contribution in [3.8, 4) is 0 Å². The van der Waals surface area contributed by atoms with Gasteiger partial charge >= 0.3 is 0 Å². The van der Waals surface area contributed by atoms with Crippen LogP contribution in [-0.4, -0.2) is 10.7 Å². The lowest BCUT2D eigenvalue weighted by Crippen LogP contribution is -2.30. The molecular weight excluding hydrogens is 196 g/mol. The van der Waals surface area contributed by atoms with Crippen LogP contribution in [0.4, 0.5) is 0 Å². The Kier molecular flexibility index (Phi) is 2.11. The van der Waals surface area contributed by atoms with Gasteiger partial charge in [0.15, 0.2) is 0 Å². The van der Waals surface area contributed by atoms with Crippen molar-refractivity contribution in [2.45, 2.75) is 59.0 Å². The van der Waals surface area contributed by atoms with Crippen LogP contribution in [0.3, 0.4) is 0 Å². The Bertz CT molecular complexity index is 307. The van der Waals surface area contributed by atoms with Crippen LogP contribution in [-0.2, 0) is 0 Å². The van der Waals surface area contributed by atoms with E-state index in [0.29, 0.717) is 11.3 Å². The van der Waals surface area contributed by atoms with Gasteiger partial charge < -0.3 is 5.11 Å². The van der Waals surface area contributed by atoms with Gasteiger partial charge in [-0.25, -0.2) is 0 Å². The van der Waals surface area contributed by atoms with E-state index in [2.05, 4.69) is 27.7 Å². The summed E-state index contributed by atoms with van der Waals surface area (Å²) in [5.74, 6) is 4.01. The van der Waals surface area contributed by atoms with Crippen LogP contribution in [0.25, 0.3) is 0 Å². The maximum atomic E-state index is 10.5. The highest BCUT2D eigenvalue weighted by atomic mass is 16.3. The standard InChI is InChI=1S/C15H26O/c1-9(2)11-6-5-10(3)15-8-7-14(4,16)13(15)12(11)15/h9-13,16H,5-8H2,1-4H3/t10-,11+,12-,13?,14+,15?/m1/s1. The Hall–Kier alpha value is -0.0400. The molecule has 0 bridgehead atoms. The molecule has 1 nitrogen and oxygen atoms in total. The van der Waals surface area contributed by atoms with E-state index in [-0.39, 0.29) is 5.60 Å². The van der Waals surface area contributed by atoms with E-state index in [1.165, 1.54) is 19.3 Å². The Morgan fingerprint density at radius 3 is 2.50 bits per heavy atom. The fourth-order valence-electron chi connectivity index (χ4n) is 5.57.